The predicted octanol–water partition coefficient (Wildman–Crippen LogP) is 1.57. The third-order valence-corrected chi connectivity index (χ3v) is 4.16. The second kappa shape index (κ2) is 9.71. The molecule has 0 spiro atoms. The first-order chi connectivity index (χ1) is 10.1. The minimum Gasteiger partial charge on any atom is -0.351 e. The molecule has 5 nitrogen and oxygen atoms in total. The number of rotatable bonds is 6. The Morgan fingerprint density at radius 2 is 1.91 bits per heavy atom. The molecule has 1 saturated heterocycles. The zero-order chi connectivity index (χ0) is 15.1. The summed E-state index contributed by atoms with van der Waals surface area (Å²) in [6, 6.07) is 7.88. The van der Waals surface area contributed by atoms with Gasteiger partial charge in [0.15, 0.2) is 0 Å². The van der Waals surface area contributed by atoms with Gasteiger partial charge in [0.2, 0.25) is 11.8 Å². The molecular formula is C15H22ClN3O2S. The molecule has 122 valence electrons. The highest BCUT2D eigenvalue weighted by Gasteiger charge is 2.16. The van der Waals surface area contributed by atoms with Gasteiger partial charge in [0.25, 0.3) is 0 Å². The molecule has 22 heavy (non-hydrogen) atoms. The van der Waals surface area contributed by atoms with Crippen molar-refractivity contribution in [2.24, 2.45) is 0 Å². The molecule has 1 heterocycles. The second-order valence-corrected chi connectivity index (χ2v) is 6.15. The van der Waals surface area contributed by atoms with Gasteiger partial charge in [0.1, 0.15) is 0 Å². The third kappa shape index (κ3) is 6.68. The summed E-state index contributed by atoms with van der Waals surface area (Å²) in [6.45, 7) is 3.79. The molecule has 0 aliphatic carbocycles. The lowest BCUT2D eigenvalue weighted by atomic mass is 10.2. The molecule has 0 bridgehead atoms. The Bertz CT molecular complexity index is 490. The summed E-state index contributed by atoms with van der Waals surface area (Å²) in [4.78, 5) is 23.4. The zero-order valence-electron chi connectivity index (χ0n) is 12.6. The number of hydrogen-bond donors (Lipinski definition) is 3. The fraction of sp³-hybridized carbons (Fsp3) is 0.467. The van der Waals surface area contributed by atoms with E-state index < -0.39 is 0 Å². The molecule has 3 N–H and O–H groups in total. The van der Waals surface area contributed by atoms with E-state index in [1.165, 1.54) is 11.8 Å². The van der Waals surface area contributed by atoms with Crippen LogP contribution >= 0.6 is 24.2 Å². The van der Waals surface area contributed by atoms with Crippen molar-refractivity contribution in [3.63, 3.8) is 0 Å². The Kier molecular flexibility index (Phi) is 8.30. The highest BCUT2D eigenvalue weighted by molar-refractivity contribution is 8.00. The van der Waals surface area contributed by atoms with E-state index in [1.54, 1.807) is 0 Å². The van der Waals surface area contributed by atoms with E-state index in [-0.39, 0.29) is 36.0 Å². The van der Waals surface area contributed by atoms with Crippen molar-refractivity contribution in [2.45, 2.75) is 19.4 Å². The summed E-state index contributed by atoms with van der Waals surface area (Å²) in [5, 5.41) is 8.97. The minimum atomic E-state index is -0.0841. The molecule has 0 saturated carbocycles. The largest absolute Gasteiger partial charge is 0.351 e. The maximum Gasteiger partial charge on any atom is 0.234 e. The molecule has 1 aromatic carbocycles. The first-order valence-corrected chi connectivity index (χ1v) is 8.23. The van der Waals surface area contributed by atoms with Gasteiger partial charge < -0.3 is 16.0 Å². The summed E-state index contributed by atoms with van der Waals surface area (Å²) in [5.41, 5.74) is 1.94. The molecule has 0 radical (unpaired) electrons. The van der Waals surface area contributed by atoms with Gasteiger partial charge in [-0.05, 0) is 32.0 Å². The normalized spacial score (nSPS) is 16.7. The Hall–Kier alpha value is -1.24. The molecular weight excluding hydrogens is 322 g/mol. The summed E-state index contributed by atoms with van der Waals surface area (Å²) < 4.78 is 0. The van der Waals surface area contributed by atoms with Crippen molar-refractivity contribution < 1.29 is 9.59 Å². The number of anilines is 1. The van der Waals surface area contributed by atoms with Crippen LogP contribution in [0.4, 0.5) is 5.69 Å². The lowest BCUT2D eigenvalue weighted by Crippen LogP contribution is -2.37. The molecule has 1 unspecified atom stereocenters. The minimum absolute atomic E-state index is 0. The quantitative estimate of drug-likeness (QED) is 0.733. The second-order valence-electron chi connectivity index (χ2n) is 5.16. The molecule has 1 atom stereocenters. The number of amides is 2. The molecule has 2 amide bonds. The summed E-state index contributed by atoms with van der Waals surface area (Å²) in [7, 11) is 0. The van der Waals surface area contributed by atoms with Crippen LogP contribution in [0.5, 0.6) is 0 Å². The van der Waals surface area contributed by atoms with E-state index in [1.807, 2.05) is 31.2 Å². The number of carbonyl (C=O) groups is 2. The van der Waals surface area contributed by atoms with Crippen LogP contribution in [-0.2, 0) is 9.59 Å². The molecule has 0 aromatic heterocycles. The summed E-state index contributed by atoms with van der Waals surface area (Å²) in [5.74, 6) is 0.512. The molecule has 1 aliphatic rings. The molecule has 1 fully saturated rings. The van der Waals surface area contributed by atoms with Crippen LogP contribution in [-0.4, -0.2) is 42.5 Å². The monoisotopic (exact) mass is 343 g/mol. The van der Waals surface area contributed by atoms with Gasteiger partial charge in [-0.25, -0.2) is 0 Å². The molecule has 1 aliphatic heterocycles. The van der Waals surface area contributed by atoms with Crippen LogP contribution in [0.2, 0.25) is 0 Å². The van der Waals surface area contributed by atoms with E-state index in [2.05, 4.69) is 16.0 Å². The van der Waals surface area contributed by atoms with E-state index >= 15 is 0 Å². The number of nitrogens with one attached hydrogen (secondary N) is 3. The van der Waals surface area contributed by atoms with Crippen LogP contribution in [0.3, 0.4) is 0 Å². The van der Waals surface area contributed by atoms with Crippen molar-refractivity contribution in [3.05, 3.63) is 29.8 Å². The Morgan fingerprint density at radius 1 is 1.23 bits per heavy atom. The van der Waals surface area contributed by atoms with Gasteiger partial charge in [-0.15, -0.1) is 24.2 Å². The molecule has 7 heteroatoms. The van der Waals surface area contributed by atoms with Crippen LogP contribution in [0, 0.1) is 6.92 Å². The number of hydrogen-bond acceptors (Lipinski definition) is 4. The topological polar surface area (TPSA) is 70.2 Å². The van der Waals surface area contributed by atoms with E-state index in [0.717, 1.165) is 30.8 Å². The van der Waals surface area contributed by atoms with E-state index in [9.17, 15) is 9.59 Å². The van der Waals surface area contributed by atoms with Crippen molar-refractivity contribution in [1.29, 1.82) is 0 Å². The fourth-order valence-electron chi connectivity index (χ4n) is 2.12. The number of halogens is 1. The molecule has 2 rings (SSSR count). The van der Waals surface area contributed by atoms with Crippen LogP contribution < -0.4 is 16.0 Å². The average Bonchev–Trinajstić information content (AvgIpc) is 2.94. The van der Waals surface area contributed by atoms with E-state index in [4.69, 9.17) is 0 Å². The smallest absolute Gasteiger partial charge is 0.234 e. The summed E-state index contributed by atoms with van der Waals surface area (Å²) in [6.07, 6.45) is 0.977. The van der Waals surface area contributed by atoms with Gasteiger partial charge in [-0.2, -0.15) is 0 Å². The van der Waals surface area contributed by atoms with Crippen molar-refractivity contribution >= 4 is 41.7 Å². The SMILES string of the molecule is Cc1ccc(NC(=O)CSCC(=O)NC2CCNC2)cc1.Cl. The Morgan fingerprint density at radius 3 is 2.55 bits per heavy atom. The average molecular weight is 344 g/mol. The first kappa shape index (κ1) is 18.8. The Labute approximate surface area is 141 Å². The number of aryl methyl sites for hydroxylation is 1. The van der Waals surface area contributed by atoms with Gasteiger partial charge in [-0.1, -0.05) is 17.7 Å². The number of carbonyl (C=O) groups excluding carboxylic acids is 2. The maximum absolute atomic E-state index is 11.7. The van der Waals surface area contributed by atoms with Gasteiger partial charge in [0.05, 0.1) is 11.5 Å². The standard InChI is InChI=1S/C15H21N3O2S.ClH/c1-11-2-4-12(5-3-11)17-14(19)9-21-10-15(20)18-13-6-7-16-8-13;/h2-5,13,16H,6-10H2,1H3,(H,17,19)(H,18,20);1H. The van der Waals surface area contributed by atoms with Crippen molar-refractivity contribution in [2.75, 3.05) is 29.9 Å². The highest BCUT2D eigenvalue weighted by Crippen LogP contribution is 2.09. The highest BCUT2D eigenvalue weighted by atomic mass is 35.5. The lowest BCUT2D eigenvalue weighted by molar-refractivity contribution is -0.119. The fourth-order valence-corrected chi connectivity index (χ4v) is 2.75. The van der Waals surface area contributed by atoms with Gasteiger partial charge in [0, 0.05) is 18.3 Å². The number of benzene rings is 1. The van der Waals surface area contributed by atoms with E-state index in [0.29, 0.717) is 5.75 Å². The molecule has 1 aromatic rings. The lowest BCUT2D eigenvalue weighted by Gasteiger charge is -2.11. The number of thioether (sulfide) groups is 1. The van der Waals surface area contributed by atoms with Crippen LogP contribution in [0.25, 0.3) is 0 Å². The maximum atomic E-state index is 11.7. The first-order valence-electron chi connectivity index (χ1n) is 7.08. The van der Waals surface area contributed by atoms with Gasteiger partial charge >= 0.3 is 0 Å². The van der Waals surface area contributed by atoms with Crippen LogP contribution in [0.15, 0.2) is 24.3 Å². The zero-order valence-corrected chi connectivity index (χ0v) is 14.2. The summed E-state index contributed by atoms with van der Waals surface area (Å²) >= 11 is 1.33. The third-order valence-electron chi connectivity index (χ3n) is 3.23. The van der Waals surface area contributed by atoms with Crippen molar-refractivity contribution in [3.8, 4) is 0 Å². The van der Waals surface area contributed by atoms with Crippen LogP contribution in [0.1, 0.15) is 12.0 Å². The van der Waals surface area contributed by atoms with Gasteiger partial charge in [-0.3, -0.25) is 9.59 Å². The Balaban J connectivity index is 0.00000242. The van der Waals surface area contributed by atoms with Crippen molar-refractivity contribution in [1.82, 2.24) is 10.6 Å². The predicted molar refractivity (Wildman–Crippen MR) is 93.8 cm³/mol.